The zero-order valence-corrected chi connectivity index (χ0v) is 32.8. The molecule has 0 aliphatic heterocycles. The number of benzene rings is 6. The molecule has 0 saturated carbocycles. The second kappa shape index (κ2) is 13.0. The summed E-state index contributed by atoms with van der Waals surface area (Å²) in [7, 11) is 0. The number of para-hydroxylation sites is 4. The fraction of sp³-hybridized carbons (Fsp3) is 0.122. The molecule has 0 aliphatic rings. The monoisotopic (exact) mass is 815 g/mol. The maximum Gasteiger partial charge on any atom is 2.00 e. The largest absolute Gasteiger partial charge is 2.00 e. The van der Waals surface area contributed by atoms with E-state index < -0.39 is 0 Å². The van der Waals surface area contributed by atoms with E-state index in [9.17, 15) is 0 Å². The summed E-state index contributed by atoms with van der Waals surface area (Å²) in [4.78, 5) is 15.0. The molecule has 5 heterocycles. The Morgan fingerprint density at radius 2 is 1.09 bits per heavy atom. The minimum atomic E-state index is 0. The quantitative estimate of drug-likeness (QED) is 0.0986. The van der Waals surface area contributed by atoms with E-state index in [2.05, 4.69) is 127 Å². The van der Waals surface area contributed by atoms with E-state index in [1.165, 1.54) is 22.3 Å². The van der Waals surface area contributed by atoms with Gasteiger partial charge in [0, 0.05) is 23.2 Å². The van der Waals surface area contributed by atoms with E-state index in [-0.39, 0.29) is 20.4 Å². The molecule has 0 amide bonds. The minimum Gasteiger partial charge on any atom is -0.497 e. The number of hydrogen-bond acceptors (Lipinski definition) is 4. The molecule has 11 aromatic rings. The first kappa shape index (κ1) is 34.4. The van der Waals surface area contributed by atoms with Crippen molar-refractivity contribution < 1.29 is 25.2 Å². The molecule has 56 heavy (non-hydrogen) atoms. The first-order chi connectivity index (χ1) is 26.9. The number of pyridine rings is 3. The molecular weight excluding hydrogens is 781 g/mol. The van der Waals surface area contributed by atoms with Crippen LogP contribution < -0.4 is 4.74 Å². The van der Waals surface area contributed by atoms with Crippen LogP contribution in [0.4, 0.5) is 0 Å². The average Bonchev–Trinajstić information content (AvgIpc) is 3.81. The average molecular weight is 816 g/mol. The summed E-state index contributed by atoms with van der Waals surface area (Å²) < 4.78 is 11.0. The maximum absolute atomic E-state index is 6.61. The molecule has 0 radical (unpaired) electrons. The number of rotatable bonds is 5. The van der Waals surface area contributed by atoms with E-state index in [0.717, 1.165) is 76.8 Å². The molecule has 11 rings (SSSR count). The smallest absolute Gasteiger partial charge is 0.497 e. The van der Waals surface area contributed by atoms with Gasteiger partial charge in [0.25, 0.3) is 0 Å². The van der Waals surface area contributed by atoms with Crippen molar-refractivity contribution in [2.24, 2.45) is 0 Å². The molecule has 5 aromatic heterocycles. The Morgan fingerprint density at radius 1 is 0.518 bits per heavy atom. The molecule has 0 spiro atoms. The Bertz CT molecular complexity index is 3350. The molecule has 0 saturated heterocycles. The van der Waals surface area contributed by atoms with E-state index in [4.69, 9.17) is 19.7 Å². The Balaban J connectivity index is 0.00000384. The van der Waals surface area contributed by atoms with Crippen LogP contribution in [0.15, 0.2) is 128 Å². The van der Waals surface area contributed by atoms with Gasteiger partial charge in [0.1, 0.15) is 5.65 Å². The van der Waals surface area contributed by atoms with Gasteiger partial charge < -0.3 is 13.5 Å². The van der Waals surface area contributed by atoms with E-state index in [0.29, 0.717) is 23.3 Å². The Morgan fingerprint density at radius 3 is 1.73 bits per heavy atom. The van der Waals surface area contributed by atoms with Gasteiger partial charge >= 0.3 is 20.4 Å². The summed E-state index contributed by atoms with van der Waals surface area (Å²) >= 11 is 0. The zero-order chi connectivity index (χ0) is 36.9. The van der Waals surface area contributed by atoms with Crippen molar-refractivity contribution in [1.29, 1.82) is 0 Å². The van der Waals surface area contributed by atoms with E-state index >= 15 is 0 Å². The molecule has 0 N–H and O–H groups in total. The van der Waals surface area contributed by atoms with Crippen LogP contribution in [0.3, 0.4) is 0 Å². The van der Waals surface area contributed by atoms with Gasteiger partial charge in [-0.1, -0.05) is 134 Å². The first-order valence-electron chi connectivity index (χ1n) is 18.9. The number of nitrogens with zero attached hydrogens (tertiary/aromatic N) is 5. The van der Waals surface area contributed by atoms with Crippen LogP contribution in [-0.4, -0.2) is 23.8 Å². The van der Waals surface area contributed by atoms with Gasteiger partial charge in [0.15, 0.2) is 0 Å². The van der Waals surface area contributed by atoms with Crippen molar-refractivity contribution >= 4 is 76.8 Å². The third-order valence-corrected chi connectivity index (χ3v) is 11.1. The number of aromatic nitrogens is 5. The van der Waals surface area contributed by atoms with Gasteiger partial charge in [-0.15, -0.1) is 12.1 Å². The Labute approximate surface area is 337 Å². The van der Waals surface area contributed by atoms with Crippen LogP contribution in [0.5, 0.6) is 11.5 Å². The summed E-state index contributed by atoms with van der Waals surface area (Å²) in [6.07, 6.45) is 1.83. The third-order valence-electron chi connectivity index (χ3n) is 11.1. The van der Waals surface area contributed by atoms with Crippen LogP contribution in [0, 0.1) is 12.1 Å². The zero-order valence-electron chi connectivity index (χ0n) is 31.2. The summed E-state index contributed by atoms with van der Waals surface area (Å²) in [5.41, 5.74) is 12.8. The third kappa shape index (κ3) is 5.08. The van der Waals surface area contributed by atoms with Gasteiger partial charge in [-0.3, -0.25) is 9.97 Å². The van der Waals surface area contributed by atoms with E-state index in [1.54, 1.807) is 0 Å². The summed E-state index contributed by atoms with van der Waals surface area (Å²) in [5, 5.41) is 6.04. The SMILES string of the molecule is CC(C)c1cccc(C(C)C)c1-c1ccc2c3ccc(Oc4[c-]c5c(cc4)c4cccnc4n4c6ccccc6nc54)[c-]c3c3nc4ccccc4n3c2c1.[Pd+2]. The summed E-state index contributed by atoms with van der Waals surface area (Å²) in [5.74, 6) is 1.96. The summed E-state index contributed by atoms with van der Waals surface area (Å²) in [6.45, 7) is 9.13. The predicted molar refractivity (Wildman–Crippen MR) is 225 cm³/mol. The Kier molecular flexibility index (Phi) is 7.97. The van der Waals surface area contributed by atoms with Crippen molar-refractivity contribution in [1.82, 2.24) is 23.8 Å². The molecule has 0 fully saturated rings. The van der Waals surface area contributed by atoms with Gasteiger partial charge in [-0.25, -0.2) is 4.98 Å². The van der Waals surface area contributed by atoms with Crippen LogP contribution in [0.25, 0.3) is 88.0 Å². The Hall–Kier alpha value is -6.13. The fourth-order valence-corrected chi connectivity index (χ4v) is 8.60. The van der Waals surface area contributed by atoms with Crippen molar-refractivity contribution in [3.8, 4) is 22.6 Å². The molecule has 0 unspecified atom stereocenters. The van der Waals surface area contributed by atoms with Gasteiger partial charge in [-0.05, 0) is 81.3 Å². The normalized spacial score (nSPS) is 12.1. The number of imidazole rings is 2. The van der Waals surface area contributed by atoms with Gasteiger partial charge in [0.2, 0.25) is 0 Å². The standard InChI is InChI=1S/C49H35N5O.Pd/c1-28(2)33-11-9-12-34(29(3)4)46(33)30-18-21-37-35-22-19-31(26-39(35)48-51-41-14-5-7-16-43(41)53(48)45(37)25-30)55-32-20-23-36-38-13-10-24-50-47(38)54-44-17-8-6-15-42(44)52-49(54)40(36)27-32;/h5-25,28-29H,1-4H3;/q-2;+2. The molecule has 0 aliphatic carbocycles. The number of hydrogen-bond donors (Lipinski definition) is 0. The van der Waals surface area contributed by atoms with Crippen molar-refractivity contribution in [3.05, 3.63) is 151 Å². The van der Waals surface area contributed by atoms with Crippen molar-refractivity contribution in [2.45, 2.75) is 39.5 Å². The number of fused-ring (bicyclic) bond motifs is 16. The number of ether oxygens (including phenoxy) is 1. The van der Waals surface area contributed by atoms with Crippen molar-refractivity contribution in [3.63, 3.8) is 0 Å². The topological polar surface area (TPSA) is 56.7 Å². The molecule has 0 bridgehead atoms. The molecular formula is C49H35N5OPd. The first-order valence-corrected chi connectivity index (χ1v) is 18.9. The van der Waals surface area contributed by atoms with Crippen LogP contribution in [0.2, 0.25) is 0 Å². The predicted octanol–water partition coefficient (Wildman–Crippen LogP) is 12.6. The second-order valence-corrected chi connectivity index (χ2v) is 15.1. The van der Waals surface area contributed by atoms with Crippen LogP contribution in [0.1, 0.15) is 50.7 Å². The maximum atomic E-state index is 6.61. The minimum absolute atomic E-state index is 0. The van der Waals surface area contributed by atoms with Crippen molar-refractivity contribution in [2.75, 3.05) is 0 Å². The van der Waals surface area contributed by atoms with E-state index in [1.807, 2.05) is 48.7 Å². The van der Waals surface area contributed by atoms with Crippen LogP contribution >= 0.6 is 0 Å². The van der Waals surface area contributed by atoms with Gasteiger partial charge in [0.05, 0.1) is 33.4 Å². The van der Waals surface area contributed by atoms with Gasteiger partial charge in [-0.2, -0.15) is 0 Å². The van der Waals surface area contributed by atoms with Crippen LogP contribution in [-0.2, 0) is 20.4 Å². The molecule has 0 atom stereocenters. The summed E-state index contributed by atoms with van der Waals surface area (Å²) in [6, 6.07) is 49.7. The molecule has 272 valence electrons. The molecule has 7 heteroatoms. The molecule has 6 aromatic carbocycles. The fourth-order valence-electron chi connectivity index (χ4n) is 8.60. The second-order valence-electron chi connectivity index (χ2n) is 15.1. The molecule has 6 nitrogen and oxygen atoms in total.